The van der Waals surface area contributed by atoms with Crippen LogP contribution < -0.4 is 0 Å². The molecular weight excluding hydrogens is 338 g/mol. The Morgan fingerprint density at radius 2 is 1.89 bits per heavy atom. The van der Waals surface area contributed by atoms with Gasteiger partial charge in [-0.25, -0.2) is 0 Å². The molecule has 0 N–H and O–H groups in total. The molecule has 1 saturated heterocycles. The fourth-order valence-electron chi connectivity index (χ4n) is 3.66. The van der Waals surface area contributed by atoms with Gasteiger partial charge in [-0.1, -0.05) is 48.5 Å². The van der Waals surface area contributed by atoms with E-state index in [1.165, 1.54) is 5.56 Å². The summed E-state index contributed by atoms with van der Waals surface area (Å²) >= 11 is 0. The smallest absolute Gasteiger partial charge is 0.252 e. The van der Waals surface area contributed by atoms with E-state index in [-0.39, 0.29) is 12.0 Å². The molecular formula is C23H25NO3. The van der Waals surface area contributed by atoms with Gasteiger partial charge in [0.1, 0.15) is 17.4 Å². The zero-order valence-corrected chi connectivity index (χ0v) is 15.5. The van der Waals surface area contributed by atoms with Crippen molar-refractivity contribution >= 4 is 16.9 Å². The number of ether oxygens (including phenoxy) is 1. The van der Waals surface area contributed by atoms with Crippen LogP contribution in [0.1, 0.15) is 30.6 Å². The van der Waals surface area contributed by atoms with Crippen LogP contribution in [-0.4, -0.2) is 30.1 Å². The summed E-state index contributed by atoms with van der Waals surface area (Å²) in [6.45, 7) is 1.87. The van der Waals surface area contributed by atoms with Crippen molar-refractivity contribution in [2.75, 3.05) is 13.2 Å². The molecule has 0 bridgehead atoms. The molecule has 4 heteroatoms. The summed E-state index contributed by atoms with van der Waals surface area (Å²) in [7, 11) is 0. The third-order valence-corrected chi connectivity index (χ3v) is 5.08. The summed E-state index contributed by atoms with van der Waals surface area (Å²) in [5.74, 6) is 0.906. The van der Waals surface area contributed by atoms with Crippen LogP contribution in [-0.2, 0) is 22.5 Å². The average Bonchev–Trinajstić information content (AvgIpc) is 3.37. The first-order valence-electron chi connectivity index (χ1n) is 9.71. The van der Waals surface area contributed by atoms with Gasteiger partial charge in [0, 0.05) is 18.5 Å². The molecule has 0 saturated carbocycles. The van der Waals surface area contributed by atoms with E-state index in [4.69, 9.17) is 9.15 Å². The molecule has 27 heavy (non-hydrogen) atoms. The molecule has 1 fully saturated rings. The topological polar surface area (TPSA) is 42.7 Å². The molecule has 2 aromatic carbocycles. The Morgan fingerprint density at radius 1 is 1.07 bits per heavy atom. The van der Waals surface area contributed by atoms with Crippen molar-refractivity contribution in [2.24, 2.45) is 0 Å². The Bertz CT molecular complexity index is 848. The van der Waals surface area contributed by atoms with E-state index in [0.717, 1.165) is 42.4 Å². The second-order valence-corrected chi connectivity index (χ2v) is 7.10. The van der Waals surface area contributed by atoms with E-state index in [9.17, 15) is 4.79 Å². The summed E-state index contributed by atoms with van der Waals surface area (Å²) in [6, 6.07) is 20.4. The number of hydrogen-bond donors (Lipinski definition) is 0. The van der Waals surface area contributed by atoms with Gasteiger partial charge in [0.2, 0.25) is 0 Å². The highest BCUT2D eigenvalue weighted by atomic mass is 16.5. The highest BCUT2D eigenvalue weighted by Gasteiger charge is 2.28. The first-order valence-corrected chi connectivity index (χ1v) is 9.71. The normalized spacial score (nSPS) is 16.7. The van der Waals surface area contributed by atoms with Gasteiger partial charge in [-0.2, -0.15) is 0 Å². The lowest BCUT2D eigenvalue weighted by molar-refractivity contribution is -0.141. The summed E-state index contributed by atoms with van der Waals surface area (Å²) < 4.78 is 11.6. The first-order chi connectivity index (χ1) is 13.3. The molecule has 1 aliphatic heterocycles. The summed E-state index contributed by atoms with van der Waals surface area (Å²) in [5.41, 5.74) is 2.16. The maximum Gasteiger partial charge on any atom is 0.252 e. The standard InChI is InChI=1S/C23H25NO3/c25-23(22-13-7-15-26-22)24(14-6-10-18-8-2-1-3-9-18)17-20-16-19-11-4-5-12-21(19)27-20/h1-5,8-9,11-12,16,22H,6-7,10,13-15,17H2. The van der Waals surface area contributed by atoms with E-state index >= 15 is 0 Å². The number of amides is 1. The zero-order valence-electron chi connectivity index (χ0n) is 15.5. The Hall–Kier alpha value is -2.59. The van der Waals surface area contributed by atoms with E-state index in [2.05, 4.69) is 24.3 Å². The maximum absolute atomic E-state index is 13.0. The third kappa shape index (κ3) is 4.40. The van der Waals surface area contributed by atoms with Crippen LogP contribution in [0, 0.1) is 0 Å². The van der Waals surface area contributed by atoms with Gasteiger partial charge in [-0.15, -0.1) is 0 Å². The predicted molar refractivity (Wildman–Crippen MR) is 105 cm³/mol. The second-order valence-electron chi connectivity index (χ2n) is 7.10. The monoisotopic (exact) mass is 363 g/mol. The minimum Gasteiger partial charge on any atom is -0.459 e. The number of benzene rings is 2. The van der Waals surface area contributed by atoms with Crippen molar-refractivity contribution < 1.29 is 13.9 Å². The molecule has 140 valence electrons. The van der Waals surface area contributed by atoms with Crippen LogP contribution in [0.15, 0.2) is 65.1 Å². The summed E-state index contributed by atoms with van der Waals surface area (Å²) in [4.78, 5) is 14.9. The van der Waals surface area contributed by atoms with Crippen LogP contribution in [0.25, 0.3) is 11.0 Å². The van der Waals surface area contributed by atoms with Gasteiger partial charge < -0.3 is 14.1 Å². The van der Waals surface area contributed by atoms with Crippen LogP contribution in [0.2, 0.25) is 0 Å². The van der Waals surface area contributed by atoms with Gasteiger partial charge in [0.05, 0.1) is 6.54 Å². The lowest BCUT2D eigenvalue weighted by Gasteiger charge is -2.24. The van der Waals surface area contributed by atoms with E-state index in [0.29, 0.717) is 19.7 Å². The molecule has 1 unspecified atom stereocenters. The lowest BCUT2D eigenvalue weighted by Crippen LogP contribution is -2.39. The molecule has 4 rings (SSSR count). The predicted octanol–water partition coefficient (Wildman–Crippen LogP) is 4.57. The number of fused-ring (bicyclic) bond motifs is 1. The molecule has 0 radical (unpaired) electrons. The number of furan rings is 1. The fraction of sp³-hybridized carbons (Fsp3) is 0.348. The van der Waals surface area contributed by atoms with Crippen molar-refractivity contribution in [3.8, 4) is 0 Å². The fourth-order valence-corrected chi connectivity index (χ4v) is 3.66. The van der Waals surface area contributed by atoms with Crippen LogP contribution in [0.3, 0.4) is 0 Å². The molecule has 1 amide bonds. The van der Waals surface area contributed by atoms with Gasteiger partial charge in [0.25, 0.3) is 5.91 Å². The van der Waals surface area contributed by atoms with E-state index in [1.807, 2.05) is 41.3 Å². The number of para-hydroxylation sites is 1. The minimum absolute atomic E-state index is 0.0843. The van der Waals surface area contributed by atoms with Gasteiger partial charge in [-0.05, 0) is 43.4 Å². The molecule has 1 aliphatic rings. The zero-order chi connectivity index (χ0) is 18.5. The second kappa shape index (κ2) is 8.40. The van der Waals surface area contributed by atoms with E-state index < -0.39 is 0 Å². The van der Waals surface area contributed by atoms with Crippen LogP contribution >= 0.6 is 0 Å². The molecule has 3 aromatic rings. The molecule has 1 atom stereocenters. The Labute approximate surface area is 159 Å². The Balaban J connectivity index is 1.45. The van der Waals surface area contributed by atoms with Crippen LogP contribution in [0.5, 0.6) is 0 Å². The third-order valence-electron chi connectivity index (χ3n) is 5.08. The summed E-state index contributed by atoms with van der Waals surface area (Å²) in [6.07, 6.45) is 3.34. The van der Waals surface area contributed by atoms with Crippen molar-refractivity contribution in [1.29, 1.82) is 0 Å². The van der Waals surface area contributed by atoms with Crippen molar-refractivity contribution in [1.82, 2.24) is 4.90 Å². The van der Waals surface area contributed by atoms with Crippen molar-refractivity contribution in [2.45, 2.75) is 38.3 Å². The molecule has 0 spiro atoms. The number of aryl methyl sites for hydroxylation is 1. The first kappa shape index (κ1) is 17.8. The number of carbonyl (C=O) groups excluding carboxylic acids is 1. The molecule has 0 aliphatic carbocycles. The average molecular weight is 363 g/mol. The van der Waals surface area contributed by atoms with Crippen LogP contribution in [0.4, 0.5) is 0 Å². The van der Waals surface area contributed by atoms with Gasteiger partial charge >= 0.3 is 0 Å². The minimum atomic E-state index is -0.300. The number of carbonyl (C=O) groups is 1. The van der Waals surface area contributed by atoms with Gasteiger partial charge in [-0.3, -0.25) is 4.79 Å². The quantitative estimate of drug-likeness (QED) is 0.617. The summed E-state index contributed by atoms with van der Waals surface area (Å²) in [5, 5.41) is 1.07. The highest BCUT2D eigenvalue weighted by molar-refractivity contribution is 5.81. The molecule has 4 nitrogen and oxygen atoms in total. The highest BCUT2D eigenvalue weighted by Crippen LogP contribution is 2.22. The SMILES string of the molecule is O=C(C1CCCO1)N(CCCc1ccccc1)Cc1cc2ccccc2o1. The molecule has 2 heterocycles. The van der Waals surface area contributed by atoms with Gasteiger partial charge in [0.15, 0.2) is 0 Å². The number of nitrogens with zero attached hydrogens (tertiary/aromatic N) is 1. The number of hydrogen-bond acceptors (Lipinski definition) is 3. The van der Waals surface area contributed by atoms with Crippen molar-refractivity contribution in [3.63, 3.8) is 0 Å². The Kier molecular flexibility index (Phi) is 5.54. The lowest BCUT2D eigenvalue weighted by atomic mass is 10.1. The maximum atomic E-state index is 13.0. The Morgan fingerprint density at radius 3 is 2.67 bits per heavy atom. The van der Waals surface area contributed by atoms with E-state index in [1.54, 1.807) is 0 Å². The largest absolute Gasteiger partial charge is 0.459 e. The molecule has 1 aromatic heterocycles. The number of rotatable bonds is 7. The van der Waals surface area contributed by atoms with Crippen molar-refractivity contribution in [3.05, 3.63) is 72.0 Å².